The van der Waals surface area contributed by atoms with Gasteiger partial charge in [0.2, 0.25) is 0 Å². The van der Waals surface area contributed by atoms with Gasteiger partial charge in [0, 0.05) is 50.4 Å². The van der Waals surface area contributed by atoms with E-state index in [-0.39, 0.29) is 11.9 Å². The molecule has 0 unspecified atom stereocenters. The maximum atomic E-state index is 12.9. The molecule has 2 aromatic carbocycles. The van der Waals surface area contributed by atoms with Crippen molar-refractivity contribution >= 4 is 29.0 Å². The first kappa shape index (κ1) is 22.6. The Labute approximate surface area is 184 Å². The Kier molecular flexibility index (Phi) is 7.89. The highest BCUT2D eigenvalue weighted by molar-refractivity contribution is 6.04. The molecule has 0 atom stereocenters. The van der Waals surface area contributed by atoms with E-state index in [0.29, 0.717) is 24.4 Å². The number of nitrogens with zero attached hydrogens (tertiary/aromatic N) is 1. The Morgan fingerprint density at radius 2 is 1.74 bits per heavy atom. The number of anilines is 3. The van der Waals surface area contributed by atoms with Crippen LogP contribution < -0.4 is 20.9 Å². The minimum absolute atomic E-state index is 0.142. The molecule has 0 aromatic heterocycles. The van der Waals surface area contributed by atoms with E-state index in [4.69, 9.17) is 4.74 Å². The zero-order valence-corrected chi connectivity index (χ0v) is 18.6. The van der Waals surface area contributed by atoms with Crippen LogP contribution in [0.4, 0.5) is 21.9 Å². The summed E-state index contributed by atoms with van der Waals surface area (Å²) >= 11 is 0. The lowest BCUT2D eigenvalue weighted by Crippen LogP contribution is -2.29. The summed E-state index contributed by atoms with van der Waals surface area (Å²) in [5.41, 5.74) is 4.84. The van der Waals surface area contributed by atoms with E-state index in [1.807, 2.05) is 44.2 Å². The third-order valence-corrected chi connectivity index (χ3v) is 5.48. The topological polar surface area (TPSA) is 82.7 Å². The molecule has 166 valence electrons. The molecule has 31 heavy (non-hydrogen) atoms. The summed E-state index contributed by atoms with van der Waals surface area (Å²) in [6.45, 7) is 6.92. The second kappa shape index (κ2) is 10.8. The van der Waals surface area contributed by atoms with E-state index < -0.39 is 0 Å². The summed E-state index contributed by atoms with van der Waals surface area (Å²) in [5, 5.41) is 8.74. The third kappa shape index (κ3) is 5.98. The minimum atomic E-state index is -0.335. The zero-order chi connectivity index (χ0) is 22.2. The van der Waals surface area contributed by atoms with Crippen LogP contribution in [0.2, 0.25) is 0 Å². The van der Waals surface area contributed by atoms with Crippen LogP contribution >= 0.6 is 0 Å². The smallest absolute Gasteiger partial charge is 0.323 e. The van der Waals surface area contributed by atoms with Gasteiger partial charge in [0.25, 0.3) is 5.91 Å². The summed E-state index contributed by atoms with van der Waals surface area (Å²) in [6.07, 6.45) is 2.98. The number of carbonyl (C=O) groups excluding carboxylic acids is 2. The fourth-order valence-corrected chi connectivity index (χ4v) is 3.83. The van der Waals surface area contributed by atoms with Gasteiger partial charge in [-0.15, -0.1) is 0 Å². The molecular weight excluding hydrogens is 392 g/mol. The lowest BCUT2D eigenvalue weighted by atomic mass is 10.1. The molecule has 3 N–H and O–H groups in total. The van der Waals surface area contributed by atoms with Crippen molar-refractivity contribution in [2.24, 2.45) is 0 Å². The van der Waals surface area contributed by atoms with Crippen molar-refractivity contribution in [2.45, 2.75) is 33.1 Å². The number of carbonyl (C=O) groups is 2. The van der Waals surface area contributed by atoms with Gasteiger partial charge >= 0.3 is 6.03 Å². The van der Waals surface area contributed by atoms with Crippen molar-refractivity contribution in [1.82, 2.24) is 5.32 Å². The number of aryl methyl sites for hydroxylation is 2. The van der Waals surface area contributed by atoms with Crippen molar-refractivity contribution in [3.05, 3.63) is 53.1 Å². The first-order valence-corrected chi connectivity index (χ1v) is 10.8. The number of ether oxygens (including phenoxy) is 1. The molecule has 1 aliphatic heterocycles. The fourth-order valence-electron chi connectivity index (χ4n) is 3.83. The molecule has 2 aromatic rings. The van der Waals surface area contributed by atoms with Gasteiger partial charge in [0.1, 0.15) is 0 Å². The number of hydrogen-bond acceptors (Lipinski definition) is 4. The third-order valence-electron chi connectivity index (χ3n) is 5.48. The SMILES string of the molecule is COCCCNC(=O)c1cc(NC(=O)Nc2c(C)cccc2C)ccc1N1CCCC1. The van der Waals surface area contributed by atoms with E-state index in [9.17, 15) is 9.59 Å². The molecule has 3 rings (SSSR count). The van der Waals surface area contributed by atoms with Crippen molar-refractivity contribution in [1.29, 1.82) is 0 Å². The quantitative estimate of drug-likeness (QED) is 0.552. The predicted octanol–water partition coefficient (Wildman–Crippen LogP) is 4.31. The normalized spacial score (nSPS) is 13.2. The van der Waals surface area contributed by atoms with Crippen LogP contribution in [0.1, 0.15) is 40.7 Å². The average molecular weight is 425 g/mol. The number of hydrogen-bond donors (Lipinski definition) is 3. The van der Waals surface area contributed by atoms with Crippen molar-refractivity contribution in [2.75, 3.05) is 48.9 Å². The minimum Gasteiger partial charge on any atom is -0.385 e. The summed E-state index contributed by atoms with van der Waals surface area (Å²) in [7, 11) is 1.64. The Morgan fingerprint density at radius 1 is 1.03 bits per heavy atom. The van der Waals surface area contributed by atoms with Crippen molar-refractivity contribution < 1.29 is 14.3 Å². The average Bonchev–Trinajstić information content (AvgIpc) is 3.28. The number of amides is 3. The number of urea groups is 1. The first-order valence-electron chi connectivity index (χ1n) is 10.8. The van der Waals surface area contributed by atoms with Crippen LogP contribution in [0.3, 0.4) is 0 Å². The highest BCUT2D eigenvalue weighted by atomic mass is 16.5. The molecule has 0 spiro atoms. The number of benzene rings is 2. The highest BCUT2D eigenvalue weighted by Crippen LogP contribution is 2.28. The van der Waals surface area contributed by atoms with E-state index in [0.717, 1.165) is 54.9 Å². The predicted molar refractivity (Wildman–Crippen MR) is 125 cm³/mol. The molecule has 0 bridgehead atoms. The Balaban J connectivity index is 1.76. The molecule has 3 amide bonds. The van der Waals surface area contributed by atoms with E-state index in [1.165, 1.54) is 0 Å². The lowest BCUT2D eigenvalue weighted by molar-refractivity contribution is 0.0949. The number of rotatable bonds is 8. The Hall–Kier alpha value is -3.06. The van der Waals surface area contributed by atoms with Gasteiger partial charge in [-0.1, -0.05) is 18.2 Å². The van der Waals surface area contributed by atoms with Gasteiger partial charge in [0.05, 0.1) is 5.56 Å². The summed E-state index contributed by atoms with van der Waals surface area (Å²) < 4.78 is 5.05. The van der Waals surface area contributed by atoms with Crippen LogP contribution in [0, 0.1) is 13.8 Å². The number of para-hydroxylation sites is 1. The van der Waals surface area contributed by atoms with Crippen molar-refractivity contribution in [3.8, 4) is 0 Å². The highest BCUT2D eigenvalue weighted by Gasteiger charge is 2.20. The summed E-state index contributed by atoms with van der Waals surface area (Å²) in [6, 6.07) is 11.1. The molecule has 1 heterocycles. The Bertz CT molecular complexity index is 903. The van der Waals surface area contributed by atoms with Gasteiger partial charge < -0.3 is 25.6 Å². The number of methoxy groups -OCH3 is 1. The zero-order valence-electron chi connectivity index (χ0n) is 18.6. The van der Waals surface area contributed by atoms with Gasteiger partial charge in [-0.25, -0.2) is 4.79 Å². The molecule has 1 aliphatic rings. The van der Waals surface area contributed by atoms with E-state index in [2.05, 4.69) is 20.9 Å². The van der Waals surface area contributed by atoms with Crippen molar-refractivity contribution in [3.63, 3.8) is 0 Å². The number of nitrogens with one attached hydrogen (secondary N) is 3. The second-order valence-corrected chi connectivity index (χ2v) is 7.87. The standard InChI is InChI=1S/C24H32N4O3/c1-17-8-6-9-18(2)22(17)27-24(30)26-19-10-11-21(28-13-4-5-14-28)20(16-19)23(29)25-12-7-15-31-3/h6,8-11,16H,4-5,7,12-15H2,1-3H3,(H,25,29)(H2,26,27,30). The lowest BCUT2D eigenvalue weighted by Gasteiger charge is -2.22. The molecule has 0 saturated carbocycles. The molecular formula is C24H32N4O3. The molecule has 0 radical (unpaired) electrons. The van der Waals surface area contributed by atoms with Gasteiger partial charge in [0.15, 0.2) is 0 Å². The maximum Gasteiger partial charge on any atom is 0.323 e. The Morgan fingerprint density at radius 3 is 2.42 bits per heavy atom. The van der Waals surface area contributed by atoms with Crippen LogP contribution in [-0.2, 0) is 4.74 Å². The van der Waals surface area contributed by atoms with E-state index in [1.54, 1.807) is 13.2 Å². The largest absolute Gasteiger partial charge is 0.385 e. The maximum absolute atomic E-state index is 12.9. The monoisotopic (exact) mass is 424 g/mol. The fraction of sp³-hybridized carbons (Fsp3) is 0.417. The molecule has 1 fully saturated rings. The molecule has 0 aliphatic carbocycles. The van der Waals surface area contributed by atoms with Gasteiger partial charge in [-0.3, -0.25) is 4.79 Å². The van der Waals surface area contributed by atoms with Crippen LogP contribution in [0.15, 0.2) is 36.4 Å². The molecule has 1 saturated heterocycles. The second-order valence-electron chi connectivity index (χ2n) is 7.87. The molecule has 7 heteroatoms. The van der Waals surface area contributed by atoms with Gasteiger partial charge in [-0.05, 0) is 62.4 Å². The van der Waals surface area contributed by atoms with E-state index >= 15 is 0 Å². The summed E-state index contributed by atoms with van der Waals surface area (Å²) in [5.74, 6) is -0.142. The first-order chi connectivity index (χ1) is 15.0. The van der Waals surface area contributed by atoms with Gasteiger partial charge in [-0.2, -0.15) is 0 Å². The van der Waals surface area contributed by atoms with Crippen LogP contribution in [0.5, 0.6) is 0 Å². The summed E-state index contributed by atoms with van der Waals surface area (Å²) in [4.78, 5) is 27.7. The molecule has 7 nitrogen and oxygen atoms in total. The van der Waals surface area contributed by atoms with Crippen LogP contribution in [-0.4, -0.2) is 45.3 Å². The van der Waals surface area contributed by atoms with Crippen LogP contribution in [0.25, 0.3) is 0 Å².